The van der Waals surface area contributed by atoms with Crippen LogP contribution in [0, 0.1) is 0 Å². The Labute approximate surface area is 147 Å². The normalized spacial score (nSPS) is 11.8. The van der Waals surface area contributed by atoms with Crippen LogP contribution in [-0.4, -0.2) is 12.4 Å². The lowest BCUT2D eigenvalue weighted by molar-refractivity contribution is 0.930. The van der Waals surface area contributed by atoms with Crippen molar-refractivity contribution in [2.24, 2.45) is 10.7 Å². The molecule has 3 rings (SSSR count). The minimum atomic E-state index is 0.644. The van der Waals surface area contributed by atoms with E-state index in [1.54, 1.807) is 0 Å². The fraction of sp³-hybridized carbons (Fsp3) is 0.190. The number of aliphatic imine (C=N–C) groups is 1. The molecule has 0 saturated heterocycles. The largest absolute Gasteiger partial charge is 0.383 e. The summed E-state index contributed by atoms with van der Waals surface area (Å²) < 4.78 is 0. The first-order chi connectivity index (χ1) is 11.8. The Bertz CT molecular complexity index is 850. The lowest BCUT2D eigenvalue weighted by Gasteiger charge is -2.10. The first-order valence-electron chi connectivity index (χ1n) is 8.28. The zero-order valence-corrected chi connectivity index (χ0v) is 14.7. The first kappa shape index (κ1) is 16.6. The Morgan fingerprint density at radius 2 is 1.71 bits per heavy atom. The third-order valence-corrected chi connectivity index (χ3v) is 5.05. The number of amidine groups is 1. The summed E-state index contributed by atoms with van der Waals surface area (Å²) in [5, 5.41) is 2.58. The van der Waals surface area contributed by atoms with Gasteiger partial charge < -0.3 is 5.73 Å². The van der Waals surface area contributed by atoms with E-state index in [4.69, 9.17) is 5.73 Å². The Kier molecular flexibility index (Phi) is 5.55. The molecule has 3 aromatic carbocycles. The van der Waals surface area contributed by atoms with Crippen LogP contribution in [0.4, 0.5) is 0 Å². The Hall–Kier alpha value is -2.26. The second-order valence-corrected chi connectivity index (χ2v) is 6.71. The van der Waals surface area contributed by atoms with Crippen LogP contribution in [0.1, 0.15) is 24.5 Å². The molecule has 3 heteroatoms. The highest BCUT2D eigenvalue weighted by Crippen LogP contribution is 2.30. The highest BCUT2D eigenvalue weighted by Gasteiger charge is 2.07. The molecule has 0 aliphatic carbocycles. The van der Waals surface area contributed by atoms with Crippen molar-refractivity contribution < 1.29 is 0 Å². The molecule has 0 unspecified atom stereocenters. The van der Waals surface area contributed by atoms with E-state index in [-0.39, 0.29) is 0 Å². The molecule has 0 aromatic heterocycles. The third kappa shape index (κ3) is 3.80. The number of nitrogens with two attached hydrogens (primary N) is 1. The maximum Gasteiger partial charge on any atom is 0.125 e. The minimum Gasteiger partial charge on any atom is -0.383 e. The van der Waals surface area contributed by atoms with Gasteiger partial charge in [-0.3, -0.25) is 4.99 Å². The molecule has 0 bridgehead atoms. The van der Waals surface area contributed by atoms with Crippen LogP contribution in [0.15, 0.2) is 76.6 Å². The molecule has 0 radical (unpaired) electrons. The maximum absolute atomic E-state index is 6.18. The van der Waals surface area contributed by atoms with Crippen LogP contribution in [0.5, 0.6) is 0 Å². The van der Waals surface area contributed by atoms with Gasteiger partial charge >= 0.3 is 0 Å². The number of thioether (sulfide) groups is 1. The molecule has 0 heterocycles. The fourth-order valence-corrected chi connectivity index (χ4v) is 3.77. The highest BCUT2D eigenvalue weighted by molar-refractivity contribution is 7.98. The fourth-order valence-electron chi connectivity index (χ4n) is 2.69. The molecule has 0 aliphatic heterocycles. The molecule has 122 valence electrons. The molecule has 3 aromatic rings. The van der Waals surface area contributed by atoms with Gasteiger partial charge in [-0.1, -0.05) is 67.6 Å². The number of nitrogens with zero attached hydrogens (tertiary/aromatic N) is 1. The van der Waals surface area contributed by atoms with Gasteiger partial charge in [0.15, 0.2) is 0 Å². The van der Waals surface area contributed by atoms with Crippen molar-refractivity contribution in [3.05, 3.63) is 77.9 Å². The Balaban J connectivity index is 1.84. The second kappa shape index (κ2) is 8.02. The second-order valence-electron chi connectivity index (χ2n) is 5.69. The predicted molar refractivity (Wildman–Crippen MR) is 106 cm³/mol. The third-order valence-electron chi connectivity index (χ3n) is 3.93. The molecule has 0 saturated carbocycles. The van der Waals surface area contributed by atoms with E-state index in [9.17, 15) is 0 Å². The van der Waals surface area contributed by atoms with Gasteiger partial charge in [0, 0.05) is 22.8 Å². The number of hydrogen-bond acceptors (Lipinski definition) is 2. The summed E-state index contributed by atoms with van der Waals surface area (Å²) >= 11 is 1.85. The molecule has 2 nitrogen and oxygen atoms in total. The van der Waals surface area contributed by atoms with E-state index in [1.165, 1.54) is 21.2 Å². The first-order valence-corrected chi connectivity index (χ1v) is 9.27. The van der Waals surface area contributed by atoms with Gasteiger partial charge in [-0.15, -0.1) is 11.8 Å². The van der Waals surface area contributed by atoms with Gasteiger partial charge in [0.1, 0.15) is 5.84 Å². The number of fused-ring (bicyclic) bond motifs is 1. The van der Waals surface area contributed by atoms with E-state index in [2.05, 4.69) is 72.6 Å². The van der Waals surface area contributed by atoms with Crippen molar-refractivity contribution in [2.75, 3.05) is 6.54 Å². The highest BCUT2D eigenvalue weighted by atomic mass is 32.2. The molecule has 0 amide bonds. The van der Waals surface area contributed by atoms with Crippen LogP contribution in [0.3, 0.4) is 0 Å². The van der Waals surface area contributed by atoms with Gasteiger partial charge in [-0.2, -0.15) is 0 Å². The van der Waals surface area contributed by atoms with Gasteiger partial charge in [0.05, 0.1) is 0 Å². The van der Waals surface area contributed by atoms with Crippen LogP contribution in [0.2, 0.25) is 0 Å². The van der Waals surface area contributed by atoms with Crippen molar-refractivity contribution in [1.82, 2.24) is 0 Å². The number of benzene rings is 3. The Morgan fingerprint density at radius 3 is 2.58 bits per heavy atom. The number of rotatable bonds is 6. The summed E-state index contributed by atoms with van der Waals surface area (Å²) in [6.45, 7) is 2.88. The summed E-state index contributed by atoms with van der Waals surface area (Å²) in [4.78, 5) is 5.76. The van der Waals surface area contributed by atoms with E-state index < -0.39 is 0 Å². The van der Waals surface area contributed by atoms with Crippen molar-refractivity contribution in [3.8, 4) is 0 Å². The SMILES string of the molecule is CCCN=C(N)c1ccccc1CSc1cccc2ccccc12. The van der Waals surface area contributed by atoms with Gasteiger partial charge in [0.2, 0.25) is 0 Å². The zero-order valence-electron chi connectivity index (χ0n) is 13.9. The summed E-state index contributed by atoms with van der Waals surface area (Å²) in [5.74, 6) is 1.53. The molecule has 0 spiro atoms. The van der Waals surface area contributed by atoms with Crippen molar-refractivity contribution in [1.29, 1.82) is 0 Å². The average molecular weight is 334 g/mol. The van der Waals surface area contributed by atoms with E-state index in [0.29, 0.717) is 5.84 Å². The van der Waals surface area contributed by atoms with Crippen LogP contribution in [-0.2, 0) is 5.75 Å². The quantitative estimate of drug-likeness (QED) is 0.380. The summed E-state index contributed by atoms with van der Waals surface area (Å²) in [7, 11) is 0. The summed E-state index contributed by atoms with van der Waals surface area (Å²) in [5.41, 5.74) is 8.47. The van der Waals surface area contributed by atoms with E-state index >= 15 is 0 Å². The summed E-state index contributed by atoms with van der Waals surface area (Å²) in [6, 6.07) is 23.3. The van der Waals surface area contributed by atoms with Crippen LogP contribution < -0.4 is 5.73 Å². The molecule has 0 atom stereocenters. The predicted octanol–water partition coefficient (Wildman–Crippen LogP) is 5.25. The Morgan fingerprint density at radius 1 is 0.958 bits per heavy atom. The lowest BCUT2D eigenvalue weighted by atomic mass is 10.1. The summed E-state index contributed by atoms with van der Waals surface area (Å²) in [6.07, 6.45) is 1.01. The van der Waals surface area contributed by atoms with E-state index in [1.807, 2.05) is 17.8 Å². The average Bonchev–Trinajstić information content (AvgIpc) is 2.64. The molecular formula is C21H22N2S. The topological polar surface area (TPSA) is 38.4 Å². The van der Waals surface area contributed by atoms with Crippen LogP contribution in [0.25, 0.3) is 10.8 Å². The lowest BCUT2D eigenvalue weighted by Crippen LogP contribution is -2.16. The van der Waals surface area contributed by atoms with Gasteiger partial charge in [-0.05, 0) is 28.8 Å². The van der Waals surface area contributed by atoms with E-state index in [0.717, 1.165) is 24.3 Å². The number of hydrogen-bond donors (Lipinski definition) is 1. The van der Waals surface area contributed by atoms with Crippen LogP contribution >= 0.6 is 11.8 Å². The standard InChI is InChI=1S/C21H22N2S/c1-2-14-23-21(22)19-12-6-4-9-17(19)15-24-20-13-7-10-16-8-3-5-11-18(16)20/h3-13H,2,14-15H2,1H3,(H2,22,23). The monoisotopic (exact) mass is 334 g/mol. The van der Waals surface area contributed by atoms with Crippen molar-refractivity contribution in [2.45, 2.75) is 24.0 Å². The molecule has 2 N–H and O–H groups in total. The smallest absolute Gasteiger partial charge is 0.125 e. The molecular weight excluding hydrogens is 312 g/mol. The minimum absolute atomic E-state index is 0.644. The molecule has 24 heavy (non-hydrogen) atoms. The van der Waals surface area contributed by atoms with Crippen molar-refractivity contribution >= 4 is 28.4 Å². The molecule has 0 aliphatic rings. The van der Waals surface area contributed by atoms with Gasteiger partial charge in [0.25, 0.3) is 0 Å². The zero-order chi connectivity index (χ0) is 16.8. The van der Waals surface area contributed by atoms with Crippen molar-refractivity contribution in [3.63, 3.8) is 0 Å². The molecule has 0 fully saturated rings. The van der Waals surface area contributed by atoms with Gasteiger partial charge in [-0.25, -0.2) is 0 Å². The maximum atomic E-state index is 6.18.